The lowest BCUT2D eigenvalue weighted by molar-refractivity contribution is -0.140. The van der Waals surface area contributed by atoms with Crippen LogP contribution in [0.3, 0.4) is 0 Å². The molecule has 0 bridgehead atoms. The first-order valence-corrected chi connectivity index (χ1v) is 10.6. The number of phenols is 1. The molecule has 1 atom stereocenters. The van der Waals surface area contributed by atoms with E-state index in [4.69, 9.17) is 4.74 Å². The molecule has 1 amide bonds. The van der Waals surface area contributed by atoms with Crippen molar-refractivity contribution < 1.29 is 24.5 Å². The summed E-state index contributed by atoms with van der Waals surface area (Å²) in [5.41, 5.74) is 2.86. The number of likely N-dealkylation sites (N-methyl/N-ethyl adjacent to an activating group) is 1. The lowest BCUT2D eigenvalue weighted by Crippen LogP contribution is -2.35. The normalized spacial score (nSPS) is 17.9. The highest BCUT2D eigenvalue weighted by Gasteiger charge is 2.46. The molecule has 1 saturated heterocycles. The Morgan fingerprint density at radius 3 is 2.50 bits per heavy atom. The summed E-state index contributed by atoms with van der Waals surface area (Å²) < 4.78 is 5.51. The number of aryl methyl sites for hydroxylation is 2. The molecular formula is C25H30N2O5. The predicted octanol–water partition coefficient (Wildman–Crippen LogP) is 3.39. The Labute approximate surface area is 188 Å². The Morgan fingerprint density at radius 1 is 1.12 bits per heavy atom. The van der Waals surface area contributed by atoms with Crippen molar-refractivity contribution in [2.24, 2.45) is 0 Å². The highest BCUT2D eigenvalue weighted by Crippen LogP contribution is 2.42. The minimum atomic E-state index is -0.797. The number of hydrogen-bond donors (Lipinski definition) is 2. The number of hydrogen-bond acceptors (Lipinski definition) is 6. The van der Waals surface area contributed by atoms with Crippen LogP contribution in [0.5, 0.6) is 11.5 Å². The Kier molecular flexibility index (Phi) is 6.89. The van der Waals surface area contributed by atoms with Gasteiger partial charge < -0.3 is 24.7 Å². The molecule has 0 unspecified atom stereocenters. The molecule has 0 spiro atoms. The number of aromatic hydroxyl groups is 1. The second-order valence-corrected chi connectivity index (χ2v) is 8.27. The van der Waals surface area contributed by atoms with Gasteiger partial charge in [-0.3, -0.25) is 9.59 Å². The van der Waals surface area contributed by atoms with Gasteiger partial charge in [-0.15, -0.1) is 0 Å². The molecule has 3 rings (SSSR count). The quantitative estimate of drug-likeness (QED) is 0.391. The maximum absolute atomic E-state index is 13.1. The molecule has 0 aromatic heterocycles. The monoisotopic (exact) mass is 438 g/mol. The number of aliphatic hydroxyl groups excluding tert-OH is 1. The number of ether oxygens (including phenoxy) is 1. The first-order chi connectivity index (χ1) is 15.1. The Hall–Kier alpha value is -3.32. The standard InChI is InChI=1S/C25H30N2O5/c1-6-32-20-14-17(9-10-19(20)28)22-21(23(29)18-13-15(2)7-8-16(18)3)24(30)25(31)27(22)12-11-26(4)5/h7-10,13-14,22,28-29H,6,11-12H2,1-5H3/b23-21-/t22-/m0/s1. The van der Waals surface area contributed by atoms with Gasteiger partial charge in [-0.05, 0) is 64.2 Å². The molecule has 0 radical (unpaired) electrons. The van der Waals surface area contributed by atoms with E-state index in [0.717, 1.165) is 11.1 Å². The lowest BCUT2D eigenvalue weighted by atomic mass is 9.93. The van der Waals surface area contributed by atoms with Gasteiger partial charge in [0.05, 0.1) is 18.2 Å². The number of Topliss-reactive ketones (excluding diaryl/α,β-unsaturated/α-hetero) is 1. The number of ketones is 1. The number of carbonyl (C=O) groups is 2. The molecule has 7 nitrogen and oxygen atoms in total. The average molecular weight is 439 g/mol. The van der Waals surface area contributed by atoms with Crippen molar-refractivity contribution in [3.63, 3.8) is 0 Å². The number of aliphatic hydroxyl groups is 1. The van der Waals surface area contributed by atoms with E-state index < -0.39 is 17.7 Å². The van der Waals surface area contributed by atoms with Crippen molar-refractivity contribution in [1.82, 2.24) is 9.80 Å². The molecule has 7 heteroatoms. The molecule has 0 saturated carbocycles. The van der Waals surface area contributed by atoms with Crippen LogP contribution in [-0.4, -0.2) is 65.5 Å². The minimum absolute atomic E-state index is 0.0321. The van der Waals surface area contributed by atoms with Crippen molar-refractivity contribution in [3.8, 4) is 11.5 Å². The van der Waals surface area contributed by atoms with Gasteiger partial charge in [0, 0.05) is 18.7 Å². The highest BCUT2D eigenvalue weighted by molar-refractivity contribution is 6.46. The first-order valence-electron chi connectivity index (χ1n) is 10.6. The van der Waals surface area contributed by atoms with Gasteiger partial charge in [-0.1, -0.05) is 23.8 Å². The summed E-state index contributed by atoms with van der Waals surface area (Å²) in [5.74, 6) is -1.36. The van der Waals surface area contributed by atoms with Gasteiger partial charge in [0.2, 0.25) is 0 Å². The van der Waals surface area contributed by atoms with Crippen LogP contribution in [0, 0.1) is 13.8 Å². The second-order valence-electron chi connectivity index (χ2n) is 8.27. The molecule has 2 N–H and O–H groups in total. The van der Waals surface area contributed by atoms with Gasteiger partial charge in [0.1, 0.15) is 5.76 Å². The smallest absolute Gasteiger partial charge is 0.295 e. The molecule has 0 aliphatic carbocycles. The maximum atomic E-state index is 13.1. The van der Waals surface area contributed by atoms with Gasteiger partial charge in [0.25, 0.3) is 11.7 Å². The molecule has 2 aromatic carbocycles. The summed E-state index contributed by atoms with van der Waals surface area (Å²) in [7, 11) is 3.77. The lowest BCUT2D eigenvalue weighted by Gasteiger charge is -2.27. The first kappa shape index (κ1) is 23.3. The Balaban J connectivity index is 2.22. The third-order valence-electron chi connectivity index (χ3n) is 5.58. The van der Waals surface area contributed by atoms with Crippen molar-refractivity contribution in [2.75, 3.05) is 33.8 Å². The second kappa shape index (κ2) is 9.44. The Morgan fingerprint density at radius 2 is 1.84 bits per heavy atom. The van der Waals surface area contributed by atoms with E-state index in [0.29, 0.717) is 30.8 Å². The van der Waals surface area contributed by atoms with Gasteiger partial charge in [-0.25, -0.2) is 0 Å². The van der Waals surface area contributed by atoms with Crippen LogP contribution in [0.2, 0.25) is 0 Å². The topological polar surface area (TPSA) is 90.3 Å². The maximum Gasteiger partial charge on any atom is 0.295 e. The fraction of sp³-hybridized carbons (Fsp3) is 0.360. The van der Waals surface area contributed by atoms with E-state index >= 15 is 0 Å². The SMILES string of the molecule is CCOc1cc([C@H]2/C(=C(/O)c3cc(C)ccc3C)C(=O)C(=O)N2CCN(C)C)ccc1O. The molecule has 170 valence electrons. The van der Waals surface area contributed by atoms with Crippen molar-refractivity contribution in [3.05, 3.63) is 64.2 Å². The van der Waals surface area contributed by atoms with E-state index in [-0.39, 0.29) is 22.8 Å². The highest BCUT2D eigenvalue weighted by atomic mass is 16.5. The summed E-state index contributed by atoms with van der Waals surface area (Å²) >= 11 is 0. The predicted molar refractivity (Wildman–Crippen MR) is 123 cm³/mol. The largest absolute Gasteiger partial charge is 0.507 e. The van der Waals surface area contributed by atoms with Crippen LogP contribution in [0.1, 0.15) is 35.2 Å². The van der Waals surface area contributed by atoms with Crippen molar-refractivity contribution in [1.29, 1.82) is 0 Å². The third kappa shape index (κ3) is 4.48. The number of phenolic OH excluding ortho intramolecular Hbond substituents is 1. The summed E-state index contributed by atoms with van der Waals surface area (Å²) in [6.45, 7) is 6.74. The van der Waals surface area contributed by atoms with Gasteiger partial charge in [-0.2, -0.15) is 0 Å². The Bertz CT molecular complexity index is 1070. The summed E-state index contributed by atoms with van der Waals surface area (Å²) in [5, 5.41) is 21.4. The number of amides is 1. The fourth-order valence-electron chi connectivity index (χ4n) is 3.87. The molecule has 1 heterocycles. The van der Waals surface area contributed by atoms with E-state index in [9.17, 15) is 19.8 Å². The number of likely N-dealkylation sites (tertiary alicyclic amines) is 1. The third-order valence-corrected chi connectivity index (χ3v) is 5.58. The van der Waals surface area contributed by atoms with Crippen LogP contribution < -0.4 is 4.74 Å². The van der Waals surface area contributed by atoms with Crippen LogP contribution in [0.25, 0.3) is 5.76 Å². The van der Waals surface area contributed by atoms with Crippen molar-refractivity contribution in [2.45, 2.75) is 26.8 Å². The van der Waals surface area contributed by atoms with Crippen LogP contribution in [0.4, 0.5) is 0 Å². The number of carbonyl (C=O) groups excluding carboxylic acids is 2. The molecule has 32 heavy (non-hydrogen) atoms. The number of nitrogens with zero attached hydrogens (tertiary/aromatic N) is 2. The summed E-state index contributed by atoms with van der Waals surface area (Å²) in [4.78, 5) is 29.5. The number of benzene rings is 2. The zero-order valence-corrected chi connectivity index (χ0v) is 19.2. The average Bonchev–Trinajstić information content (AvgIpc) is 3.00. The van der Waals surface area contributed by atoms with Crippen LogP contribution in [0.15, 0.2) is 42.0 Å². The van der Waals surface area contributed by atoms with E-state index in [1.54, 1.807) is 25.1 Å². The summed E-state index contributed by atoms with van der Waals surface area (Å²) in [6.07, 6.45) is 0. The molecule has 2 aromatic rings. The van der Waals surface area contributed by atoms with Gasteiger partial charge >= 0.3 is 0 Å². The van der Waals surface area contributed by atoms with Crippen molar-refractivity contribution >= 4 is 17.4 Å². The van der Waals surface area contributed by atoms with E-state index in [2.05, 4.69) is 0 Å². The summed E-state index contributed by atoms with van der Waals surface area (Å²) in [6, 6.07) is 9.54. The van der Waals surface area contributed by atoms with E-state index in [1.165, 1.54) is 11.0 Å². The zero-order valence-electron chi connectivity index (χ0n) is 19.2. The molecule has 1 aliphatic heterocycles. The fourth-order valence-corrected chi connectivity index (χ4v) is 3.87. The van der Waals surface area contributed by atoms with Crippen LogP contribution in [-0.2, 0) is 9.59 Å². The van der Waals surface area contributed by atoms with Gasteiger partial charge in [0.15, 0.2) is 11.5 Å². The molecule has 1 fully saturated rings. The van der Waals surface area contributed by atoms with Crippen LogP contribution >= 0.6 is 0 Å². The molecule has 1 aliphatic rings. The molecular weight excluding hydrogens is 408 g/mol. The van der Waals surface area contributed by atoms with E-state index in [1.807, 2.05) is 45.0 Å². The zero-order chi connectivity index (χ0) is 23.6. The minimum Gasteiger partial charge on any atom is -0.507 e. The number of rotatable bonds is 7.